The number of carbonyl (C=O) groups excluding carboxylic acids is 1. The third kappa shape index (κ3) is 3.30. The molecule has 3 N–H and O–H groups in total. The lowest BCUT2D eigenvalue weighted by Gasteiger charge is -2.29. The molecule has 0 radical (unpaired) electrons. The third-order valence-electron chi connectivity index (χ3n) is 3.54. The van der Waals surface area contributed by atoms with Gasteiger partial charge in [0.05, 0.1) is 17.1 Å². The van der Waals surface area contributed by atoms with Crippen molar-refractivity contribution in [2.24, 2.45) is 5.73 Å². The zero-order valence-electron chi connectivity index (χ0n) is 11.0. The molecule has 2 rings (SSSR count). The van der Waals surface area contributed by atoms with Gasteiger partial charge >= 0.3 is 0 Å². The van der Waals surface area contributed by atoms with Crippen LogP contribution < -0.4 is 11.1 Å². The first-order valence-corrected chi connectivity index (χ1v) is 6.91. The standard InChI is InChI=1S/C14H19N3OS/c1-10(17-9-5-8-12(17)13(15)19)14(18)16-11-6-3-2-4-7-11/h2-4,6-7,10,12H,5,8-9H2,1H3,(H2,15,19)(H,16,18). The number of anilines is 1. The summed E-state index contributed by atoms with van der Waals surface area (Å²) in [5, 5.41) is 2.91. The number of benzene rings is 1. The van der Waals surface area contributed by atoms with E-state index in [1.165, 1.54) is 0 Å². The second kappa shape index (κ2) is 6.12. The molecule has 1 amide bonds. The van der Waals surface area contributed by atoms with Crippen LogP contribution in [-0.2, 0) is 4.79 Å². The zero-order chi connectivity index (χ0) is 13.8. The van der Waals surface area contributed by atoms with E-state index in [9.17, 15) is 4.79 Å². The van der Waals surface area contributed by atoms with Gasteiger partial charge in [-0.25, -0.2) is 0 Å². The van der Waals surface area contributed by atoms with Gasteiger partial charge in [0.15, 0.2) is 0 Å². The summed E-state index contributed by atoms with van der Waals surface area (Å²) in [6, 6.07) is 9.28. The van der Waals surface area contributed by atoms with Crippen LogP contribution in [0.1, 0.15) is 19.8 Å². The first kappa shape index (κ1) is 14.0. The number of hydrogen-bond acceptors (Lipinski definition) is 3. The molecule has 0 aromatic heterocycles. The number of nitrogens with two attached hydrogens (primary N) is 1. The maximum Gasteiger partial charge on any atom is 0.241 e. The largest absolute Gasteiger partial charge is 0.392 e. The molecule has 1 aliphatic heterocycles. The number of nitrogens with zero attached hydrogens (tertiary/aromatic N) is 1. The van der Waals surface area contributed by atoms with Gasteiger partial charge in [0, 0.05) is 5.69 Å². The summed E-state index contributed by atoms with van der Waals surface area (Å²) < 4.78 is 0. The molecule has 0 saturated carbocycles. The fraction of sp³-hybridized carbons (Fsp3) is 0.429. The fourth-order valence-corrected chi connectivity index (χ4v) is 2.73. The molecule has 2 unspecified atom stereocenters. The lowest BCUT2D eigenvalue weighted by Crippen LogP contribution is -2.48. The van der Waals surface area contributed by atoms with Gasteiger partial charge in [0.2, 0.25) is 5.91 Å². The first-order valence-electron chi connectivity index (χ1n) is 6.50. The molecule has 19 heavy (non-hydrogen) atoms. The van der Waals surface area contributed by atoms with Crippen LogP contribution in [0.5, 0.6) is 0 Å². The van der Waals surface area contributed by atoms with Gasteiger partial charge < -0.3 is 11.1 Å². The van der Waals surface area contributed by atoms with Gasteiger partial charge in [0.1, 0.15) is 0 Å². The highest BCUT2D eigenvalue weighted by Crippen LogP contribution is 2.21. The Hall–Kier alpha value is -1.46. The topological polar surface area (TPSA) is 58.4 Å². The maximum atomic E-state index is 12.2. The number of nitrogens with one attached hydrogen (secondary N) is 1. The van der Waals surface area contributed by atoms with E-state index in [1.807, 2.05) is 37.3 Å². The lowest BCUT2D eigenvalue weighted by atomic mass is 10.2. The fourth-order valence-electron chi connectivity index (χ4n) is 2.48. The van der Waals surface area contributed by atoms with E-state index in [0.29, 0.717) is 4.99 Å². The Labute approximate surface area is 119 Å². The minimum absolute atomic E-state index is 0.0191. The molecule has 1 fully saturated rings. The normalized spacial score (nSPS) is 21.0. The Morgan fingerprint density at radius 1 is 1.47 bits per heavy atom. The number of thiocarbonyl (C=S) groups is 1. The third-order valence-corrected chi connectivity index (χ3v) is 3.81. The first-order chi connectivity index (χ1) is 9.09. The van der Waals surface area contributed by atoms with Crippen molar-refractivity contribution in [1.29, 1.82) is 0 Å². The van der Waals surface area contributed by atoms with Crippen LogP contribution in [0, 0.1) is 0 Å². The van der Waals surface area contributed by atoms with E-state index < -0.39 is 0 Å². The van der Waals surface area contributed by atoms with Crippen LogP contribution in [0.25, 0.3) is 0 Å². The lowest BCUT2D eigenvalue weighted by molar-refractivity contribution is -0.120. The van der Waals surface area contributed by atoms with E-state index in [4.69, 9.17) is 18.0 Å². The summed E-state index contributed by atoms with van der Waals surface area (Å²) in [6.07, 6.45) is 1.98. The summed E-state index contributed by atoms with van der Waals surface area (Å²) in [7, 11) is 0. The van der Waals surface area contributed by atoms with Crippen molar-refractivity contribution in [2.75, 3.05) is 11.9 Å². The smallest absolute Gasteiger partial charge is 0.241 e. The molecule has 2 atom stereocenters. The molecular formula is C14H19N3OS. The number of rotatable bonds is 4. The van der Waals surface area contributed by atoms with Crippen LogP contribution in [0.3, 0.4) is 0 Å². The summed E-state index contributed by atoms with van der Waals surface area (Å²) in [6.45, 7) is 2.76. The van der Waals surface area contributed by atoms with Gasteiger partial charge in [-0.1, -0.05) is 30.4 Å². The number of para-hydroxylation sites is 1. The highest BCUT2D eigenvalue weighted by atomic mass is 32.1. The summed E-state index contributed by atoms with van der Waals surface area (Å²) in [5.74, 6) is -0.0191. The molecule has 0 aliphatic carbocycles. The van der Waals surface area contributed by atoms with Crippen molar-refractivity contribution < 1.29 is 4.79 Å². The van der Waals surface area contributed by atoms with Crippen molar-refractivity contribution in [3.63, 3.8) is 0 Å². The Kier molecular flexibility index (Phi) is 4.50. The van der Waals surface area contributed by atoms with Crippen LogP contribution in [0.2, 0.25) is 0 Å². The van der Waals surface area contributed by atoms with Crippen molar-refractivity contribution in [1.82, 2.24) is 4.90 Å². The van der Waals surface area contributed by atoms with Gasteiger partial charge in [-0.15, -0.1) is 0 Å². The Balaban J connectivity index is 2.01. The van der Waals surface area contributed by atoms with Crippen LogP contribution in [0.15, 0.2) is 30.3 Å². The van der Waals surface area contributed by atoms with Crippen LogP contribution in [-0.4, -0.2) is 34.4 Å². The minimum Gasteiger partial charge on any atom is -0.392 e. The molecule has 0 bridgehead atoms. The van der Waals surface area contributed by atoms with Gasteiger partial charge in [-0.2, -0.15) is 0 Å². The Morgan fingerprint density at radius 2 is 2.16 bits per heavy atom. The molecule has 5 heteroatoms. The number of hydrogen-bond donors (Lipinski definition) is 2. The van der Waals surface area contributed by atoms with Gasteiger partial charge in [0.25, 0.3) is 0 Å². The maximum absolute atomic E-state index is 12.2. The monoisotopic (exact) mass is 277 g/mol. The minimum atomic E-state index is -0.228. The SMILES string of the molecule is CC(C(=O)Nc1ccccc1)N1CCCC1C(N)=S. The molecule has 102 valence electrons. The molecule has 0 spiro atoms. The predicted octanol–water partition coefficient (Wildman–Crippen LogP) is 1.76. The Morgan fingerprint density at radius 3 is 2.79 bits per heavy atom. The average Bonchev–Trinajstić information content (AvgIpc) is 2.88. The molecule has 1 aliphatic rings. The summed E-state index contributed by atoms with van der Waals surface area (Å²) >= 11 is 5.07. The second-order valence-electron chi connectivity index (χ2n) is 4.83. The average molecular weight is 277 g/mol. The zero-order valence-corrected chi connectivity index (χ0v) is 11.8. The molecule has 1 saturated heterocycles. The highest BCUT2D eigenvalue weighted by Gasteiger charge is 2.33. The van der Waals surface area contributed by atoms with Crippen molar-refractivity contribution in [3.8, 4) is 0 Å². The van der Waals surface area contributed by atoms with E-state index in [-0.39, 0.29) is 18.0 Å². The number of likely N-dealkylation sites (tertiary alicyclic amines) is 1. The second-order valence-corrected chi connectivity index (χ2v) is 5.30. The molecule has 1 aromatic carbocycles. The molecule has 1 heterocycles. The summed E-state index contributed by atoms with van der Waals surface area (Å²) in [4.78, 5) is 14.8. The molecular weight excluding hydrogens is 258 g/mol. The quantitative estimate of drug-likeness (QED) is 0.824. The van der Waals surface area contributed by atoms with Crippen LogP contribution in [0.4, 0.5) is 5.69 Å². The van der Waals surface area contributed by atoms with E-state index in [2.05, 4.69) is 10.2 Å². The van der Waals surface area contributed by atoms with Crippen molar-refractivity contribution in [3.05, 3.63) is 30.3 Å². The van der Waals surface area contributed by atoms with E-state index in [0.717, 1.165) is 25.1 Å². The molecule has 1 aromatic rings. The summed E-state index contributed by atoms with van der Waals surface area (Å²) in [5.41, 5.74) is 6.55. The Bertz CT molecular complexity index is 463. The van der Waals surface area contributed by atoms with Gasteiger partial charge in [-0.3, -0.25) is 9.69 Å². The highest BCUT2D eigenvalue weighted by molar-refractivity contribution is 7.80. The van der Waals surface area contributed by atoms with Crippen molar-refractivity contribution >= 4 is 28.8 Å². The number of amides is 1. The van der Waals surface area contributed by atoms with E-state index in [1.54, 1.807) is 0 Å². The molecule has 4 nitrogen and oxygen atoms in total. The number of carbonyl (C=O) groups is 1. The van der Waals surface area contributed by atoms with E-state index >= 15 is 0 Å². The van der Waals surface area contributed by atoms with Gasteiger partial charge in [-0.05, 0) is 38.4 Å². The predicted molar refractivity (Wildman–Crippen MR) is 81.0 cm³/mol. The van der Waals surface area contributed by atoms with Crippen molar-refractivity contribution in [2.45, 2.75) is 31.8 Å². The van der Waals surface area contributed by atoms with Crippen LogP contribution >= 0.6 is 12.2 Å².